The van der Waals surface area contributed by atoms with Crippen molar-refractivity contribution < 1.29 is 22.3 Å². The van der Waals surface area contributed by atoms with Crippen molar-refractivity contribution in [1.29, 1.82) is 0 Å². The zero-order valence-electron chi connectivity index (χ0n) is 11.8. The van der Waals surface area contributed by atoms with Gasteiger partial charge in [-0.3, -0.25) is 4.79 Å². The molecule has 0 aliphatic carbocycles. The first-order valence-electron chi connectivity index (χ1n) is 6.52. The molecular weight excluding hydrogens is 389 g/mol. The van der Waals surface area contributed by atoms with Crippen LogP contribution in [0.2, 0.25) is 0 Å². The Labute approximate surface area is 141 Å². The molecule has 0 aliphatic rings. The summed E-state index contributed by atoms with van der Waals surface area (Å²) >= 11 is 3.18. The molecule has 23 heavy (non-hydrogen) atoms. The summed E-state index contributed by atoms with van der Waals surface area (Å²) in [5, 5.41) is 0. The van der Waals surface area contributed by atoms with Gasteiger partial charge in [-0.15, -0.1) is 0 Å². The molecule has 0 unspecified atom stereocenters. The fraction of sp³-hybridized carbons (Fsp3) is 0.133. The second-order valence-electron chi connectivity index (χ2n) is 4.57. The van der Waals surface area contributed by atoms with Crippen LogP contribution in [0, 0.1) is 5.82 Å². The first kappa shape index (κ1) is 17.6. The predicted octanol–water partition coefficient (Wildman–Crippen LogP) is 2.61. The van der Waals surface area contributed by atoms with Crippen molar-refractivity contribution in [3.8, 4) is 0 Å². The first-order chi connectivity index (χ1) is 10.9. The number of nitrogens with one attached hydrogen (secondary N) is 1. The Morgan fingerprint density at radius 3 is 2.61 bits per heavy atom. The predicted molar refractivity (Wildman–Crippen MR) is 85.5 cm³/mol. The number of hydrogen-bond acceptors (Lipinski definition) is 4. The largest absolute Gasteiger partial charge is 0.460 e. The van der Waals surface area contributed by atoms with Crippen LogP contribution in [-0.4, -0.2) is 20.9 Å². The highest BCUT2D eigenvalue weighted by atomic mass is 79.9. The van der Waals surface area contributed by atoms with Crippen molar-refractivity contribution in [2.45, 2.75) is 11.5 Å². The molecule has 5 nitrogen and oxygen atoms in total. The maximum absolute atomic E-state index is 13.0. The molecule has 1 N–H and O–H groups in total. The summed E-state index contributed by atoms with van der Waals surface area (Å²) in [6.07, 6.45) is 0. The number of carbonyl (C=O) groups excluding carboxylic acids is 1. The molecule has 0 saturated heterocycles. The van der Waals surface area contributed by atoms with Gasteiger partial charge in [0, 0.05) is 4.47 Å². The van der Waals surface area contributed by atoms with Gasteiger partial charge in [-0.1, -0.05) is 34.1 Å². The monoisotopic (exact) mass is 401 g/mol. The molecule has 0 saturated carbocycles. The second kappa shape index (κ2) is 7.67. The molecule has 0 aliphatic heterocycles. The Morgan fingerprint density at radius 2 is 1.91 bits per heavy atom. The molecule has 0 heterocycles. The Bertz CT molecular complexity index is 811. The lowest BCUT2D eigenvalue weighted by molar-refractivity contribution is -0.143. The third-order valence-electron chi connectivity index (χ3n) is 2.80. The normalized spacial score (nSPS) is 11.2. The molecule has 0 amide bonds. The van der Waals surface area contributed by atoms with Crippen LogP contribution in [0.5, 0.6) is 0 Å². The lowest BCUT2D eigenvalue weighted by Crippen LogP contribution is -2.30. The molecule has 0 spiro atoms. The molecule has 8 heteroatoms. The number of sulfonamides is 1. The van der Waals surface area contributed by atoms with Crippen LogP contribution in [-0.2, 0) is 26.2 Å². The molecule has 0 fully saturated rings. The zero-order chi connectivity index (χ0) is 16.9. The zero-order valence-corrected chi connectivity index (χ0v) is 14.2. The number of halogens is 2. The molecule has 0 radical (unpaired) electrons. The molecule has 0 atom stereocenters. The van der Waals surface area contributed by atoms with E-state index in [0.29, 0.717) is 10.0 Å². The minimum Gasteiger partial charge on any atom is -0.460 e. The second-order valence-corrected chi connectivity index (χ2v) is 7.26. The van der Waals surface area contributed by atoms with E-state index in [4.69, 9.17) is 4.74 Å². The SMILES string of the molecule is O=C(CNS(=O)(=O)c1cccc(Br)c1)OCc1cccc(F)c1. The van der Waals surface area contributed by atoms with Gasteiger partial charge in [0.2, 0.25) is 10.0 Å². The highest BCUT2D eigenvalue weighted by molar-refractivity contribution is 9.10. The maximum atomic E-state index is 13.0. The Hall–Kier alpha value is -1.77. The van der Waals surface area contributed by atoms with E-state index in [1.54, 1.807) is 18.2 Å². The Balaban J connectivity index is 1.88. The van der Waals surface area contributed by atoms with Gasteiger partial charge in [-0.05, 0) is 35.9 Å². The van der Waals surface area contributed by atoms with Crippen LogP contribution >= 0.6 is 15.9 Å². The maximum Gasteiger partial charge on any atom is 0.321 e. The van der Waals surface area contributed by atoms with Gasteiger partial charge >= 0.3 is 5.97 Å². The molecule has 2 aromatic rings. The van der Waals surface area contributed by atoms with Crippen molar-refractivity contribution in [2.24, 2.45) is 0 Å². The smallest absolute Gasteiger partial charge is 0.321 e. The highest BCUT2D eigenvalue weighted by Gasteiger charge is 2.16. The van der Waals surface area contributed by atoms with Crippen molar-refractivity contribution in [1.82, 2.24) is 4.72 Å². The average molecular weight is 402 g/mol. The van der Waals surface area contributed by atoms with Crippen LogP contribution in [0.25, 0.3) is 0 Å². The third-order valence-corrected chi connectivity index (χ3v) is 4.69. The summed E-state index contributed by atoms with van der Waals surface area (Å²) in [6, 6.07) is 11.7. The van der Waals surface area contributed by atoms with Gasteiger partial charge in [0.05, 0.1) is 4.90 Å². The molecular formula is C15H13BrFNO4S. The van der Waals surface area contributed by atoms with Crippen molar-refractivity contribution in [3.63, 3.8) is 0 Å². The molecule has 0 bridgehead atoms. The van der Waals surface area contributed by atoms with Gasteiger partial charge in [0.1, 0.15) is 19.0 Å². The summed E-state index contributed by atoms with van der Waals surface area (Å²) in [5.41, 5.74) is 0.480. The standard InChI is InChI=1S/C15H13BrFNO4S/c16-12-4-2-6-14(8-12)23(20,21)18-9-15(19)22-10-11-3-1-5-13(17)7-11/h1-8,18H,9-10H2. The van der Waals surface area contributed by atoms with E-state index in [9.17, 15) is 17.6 Å². The van der Waals surface area contributed by atoms with Crippen molar-refractivity contribution in [2.75, 3.05) is 6.54 Å². The lowest BCUT2D eigenvalue weighted by Gasteiger charge is -2.08. The first-order valence-corrected chi connectivity index (χ1v) is 8.80. The van der Waals surface area contributed by atoms with E-state index in [1.165, 1.54) is 30.3 Å². The van der Waals surface area contributed by atoms with Gasteiger partial charge in [-0.2, -0.15) is 4.72 Å². The molecule has 122 valence electrons. The van der Waals surface area contributed by atoms with Crippen LogP contribution < -0.4 is 4.72 Å². The van der Waals surface area contributed by atoms with Crippen molar-refractivity contribution >= 4 is 31.9 Å². The van der Waals surface area contributed by atoms with Crippen LogP contribution in [0.4, 0.5) is 4.39 Å². The summed E-state index contributed by atoms with van der Waals surface area (Å²) < 4.78 is 44.7. The Morgan fingerprint density at radius 1 is 1.17 bits per heavy atom. The van der Waals surface area contributed by atoms with Crippen LogP contribution in [0.15, 0.2) is 57.9 Å². The number of ether oxygens (including phenoxy) is 1. The van der Waals surface area contributed by atoms with E-state index in [2.05, 4.69) is 20.7 Å². The summed E-state index contributed by atoms with van der Waals surface area (Å²) in [5.74, 6) is -1.19. The number of esters is 1. The topological polar surface area (TPSA) is 72.5 Å². The number of benzene rings is 2. The minimum absolute atomic E-state index is 0.0322. The highest BCUT2D eigenvalue weighted by Crippen LogP contribution is 2.15. The van der Waals surface area contributed by atoms with E-state index >= 15 is 0 Å². The van der Waals surface area contributed by atoms with E-state index in [1.807, 2.05) is 0 Å². The van der Waals surface area contributed by atoms with Crippen LogP contribution in [0.1, 0.15) is 5.56 Å². The fourth-order valence-electron chi connectivity index (χ4n) is 1.71. The lowest BCUT2D eigenvalue weighted by atomic mass is 10.2. The molecule has 2 aromatic carbocycles. The van der Waals surface area contributed by atoms with Gasteiger partial charge in [0.15, 0.2) is 0 Å². The number of rotatable bonds is 6. The Kier molecular flexibility index (Phi) is 5.86. The quantitative estimate of drug-likeness (QED) is 0.755. The third kappa shape index (κ3) is 5.42. The van der Waals surface area contributed by atoms with E-state index in [-0.39, 0.29) is 11.5 Å². The van der Waals surface area contributed by atoms with Crippen LogP contribution in [0.3, 0.4) is 0 Å². The van der Waals surface area contributed by atoms with Gasteiger partial charge in [0.25, 0.3) is 0 Å². The summed E-state index contributed by atoms with van der Waals surface area (Å²) in [6.45, 7) is -0.640. The van der Waals surface area contributed by atoms with Crippen molar-refractivity contribution in [3.05, 3.63) is 64.4 Å². The summed E-state index contributed by atoms with van der Waals surface area (Å²) in [4.78, 5) is 11.6. The number of hydrogen-bond donors (Lipinski definition) is 1. The van der Waals surface area contributed by atoms with E-state index < -0.39 is 28.4 Å². The minimum atomic E-state index is -3.81. The average Bonchev–Trinajstić information content (AvgIpc) is 2.51. The fourth-order valence-corrected chi connectivity index (χ4v) is 3.28. The van der Waals surface area contributed by atoms with E-state index in [0.717, 1.165) is 0 Å². The molecule has 2 rings (SSSR count). The number of carbonyl (C=O) groups is 1. The molecule has 0 aromatic heterocycles. The van der Waals surface area contributed by atoms with Gasteiger partial charge in [-0.25, -0.2) is 12.8 Å². The summed E-state index contributed by atoms with van der Waals surface area (Å²) in [7, 11) is -3.81. The van der Waals surface area contributed by atoms with Gasteiger partial charge < -0.3 is 4.74 Å².